The molecule has 7 heteroatoms. The molecule has 28 heavy (non-hydrogen) atoms. The summed E-state index contributed by atoms with van der Waals surface area (Å²) in [6.45, 7) is 5.13. The molecule has 156 valence electrons. The summed E-state index contributed by atoms with van der Waals surface area (Å²) in [5.74, 6) is 0.778. The molecule has 6 nitrogen and oxygen atoms in total. The van der Waals surface area contributed by atoms with Gasteiger partial charge >= 0.3 is 0 Å². The summed E-state index contributed by atoms with van der Waals surface area (Å²) in [4.78, 5) is 13.9. The molecule has 0 aromatic heterocycles. The van der Waals surface area contributed by atoms with Gasteiger partial charge in [0, 0.05) is 36.9 Å². The number of carbonyl (C=O) groups is 1. The summed E-state index contributed by atoms with van der Waals surface area (Å²) in [6, 6.07) is 8.19. The van der Waals surface area contributed by atoms with Crippen LogP contribution in [0, 0.1) is 5.92 Å². The highest BCUT2D eigenvalue weighted by atomic mass is 32.2. The standard InChI is InChI=1S/C21H33N3O3S/c1-16(2)28(26,27)23-19-8-6-17(7-9-19)15-22-18-10-12-20(13-11-18)24-14-4-3-5-21(24)25/h10-13,16-17,19,22-23H,3-9,14-15H2,1-2H3/t17-,19-. The number of piperidine rings is 1. The van der Waals surface area contributed by atoms with E-state index in [1.165, 1.54) is 0 Å². The Morgan fingerprint density at radius 2 is 1.75 bits per heavy atom. The monoisotopic (exact) mass is 407 g/mol. The number of anilines is 2. The minimum Gasteiger partial charge on any atom is -0.385 e. The molecule has 1 saturated carbocycles. The lowest BCUT2D eigenvalue weighted by molar-refractivity contribution is -0.119. The topological polar surface area (TPSA) is 78.5 Å². The molecule has 1 heterocycles. The van der Waals surface area contributed by atoms with Crippen LogP contribution in [0.25, 0.3) is 0 Å². The first kappa shape index (κ1) is 21.1. The molecule has 2 fully saturated rings. The Hall–Kier alpha value is -1.60. The van der Waals surface area contributed by atoms with Crippen LogP contribution in [-0.4, -0.2) is 38.7 Å². The lowest BCUT2D eigenvalue weighted by Gasteiger charge is -2.30. The molecule has 1 aliphatic carbocycles. The minimum absolute atomic E-state index is 0.0741. The summed E-state index contributed by atoms with van der Waals surface area (Å²) in [7, 11) is -3.18. The molecular formula is C21H33N3O3S. The van der Waals surface area contributed by atoms with Crippen LogP contribution in [0.4, 0.5) is 11.4 Å². The summed E-state index contributed by atoms with van der Waals surface area (Å²) in [5.41, 5.74) is 2.05. The van der Waals surface area contributed by atoms with Gasteiger partial charge in [-0.25, -0.2) is 13.1 Å². The number of hydrogen-bond acceptors (Lipinski definition) is 4. The summed E-state index contributed by atoms with van der Waals surface area (Å²) < 4.78 is 26.9. The molecule has 0 bridgehead atoms. The van der Waals surface area contributed by atoms with Gasteiger partial charge in [0.25, 0.3) is 0 Å². The van der Waals surface area contributed by atoms with Gasteiger partial charge in [0.2, 0.25) is 15.9 Å². The SMILES string of the molecule is CC(C)S(=O)(=O)N[C@H]1CC[C@H](CNc2ccc(N3CCCCC3=O)cc2)CC1. The average molecular weight is 408 g/mol. The molecule has 0 unspecified atom stereocenters. The molecule has 1 aliphatic heterocycles. The number of nitrogens with zero attached hydrogens (tertiary/aromatic N) is 1. The first-order chi connectivity index (χ1) is 13.3. The van der Waals surface area contributed by atoms with Gasteiger partial charge in [0.15, 0.2) is 0 Å². The van der Waals surface area contributed by atoms with E-state index in [0.717, 1.165) is 63.0 Å². The van der Waals surface area contributed by atoms with Crippen molar-refractivity contribution in [1.29, 1.82) is 0 Å². The van der Waals surface area contributed by atoms with Crippen LogP contribution in [-0.2, 0) is 14.8 Å². The number of sulfonamides is 1. The molecule has 0 atom stereocenters. The van der Waals surface area contributed by atoms with Crippen molar-refractivity contribution in [2.75, 3.05) is 23.3 Å². The van der Waals surface area contributed by atoms with Crippen molar-refractivity contribution in [2.45, 2.75) is 70.1 Å². The molecule has 2 aliphatic rings. The van der Waals surface area contributed by atoms with Gasteiger partial charge < -0.3 is 10.2 Å². The van der Waals surface area contributed by atoms with Crippen LogP contribution in [0.15, 0.2) is 24.3 Å². The van der Waals surface area contributed by atoms with E-state index in [9.17, 15) is 13.2 Å². The second-order valence-corrected chi connectivity index (χ2v) is 10.6. The van der Waals surface area contributed by atoms with Gasteiger partial charge in [-0.1, -0.05) is 0 Å². The Bertz CT molecular complexity index is 754. The van der Waals surface area contributed by atoms with Crippen molar-refractivity contribution in [3.63, 3.8) is 0 Å². The highest BCUT2D eigenvalue weighted by Gasteiger charge is 2.26. The third kappa shape index (κ3) is 5.47. The van der Waals surface area contributed by atoms with Gasteiger partial charge in [-0.15, -0.1) is 0 Å². The minimum atomic E-state index is -3.18. The quantitative estimate of drug-likeness (QED) is 0.725. The van der Waals surface area contributed by atoms with Crippen LogP contribution in [0.1, 0.15) is 58.8 Å². The van der Waals surface area contributed by atoms with Gasteiger partial charge in [-0.2, -0.15) is 0 Å². The predicted octanol–water partition coefficient (Wildman–Crippen LogP) is 3.50. The third-order valence-corrected chi connectivity index (χ3v) is 7.80. The predicted molar refractivity (Wildman–Crippen MR) is 114 cm³/mol. The molecule has 1 amide bonds. The van der Waals surface area contributed by atoms with E-state index in [-0.39, 0.29) is 17.2 Å². The zero-order valence-corrected chi connectivity index (χ0v) is 17.8. The van der Waals surface area contributed by atoms with Crippen molar-refractivity contribution in [2.24, 2.45) is 5.92 Å². The molecule has 1 aromatic carbocycles. The van der Waals surface area contributed by atoms with E-state index in [1.54, 1.807) is 13.8 Å². The normalized spacial score (nSPS) is 23.8. The van der Waals surface area contributed by atoms with Crippen LogP contribution < -0.4 is 14.9 Å². The van der Waals surface area contributed by atoms with Crippen LogP contribution in [0.3, 0.4) is 0 Å². The van der Waals surface area contributed by atoms with E-state index < -0.39 is 10.0 Å². The number of hydrogen-bond donors (Lipinski definition) is 2. The summed E-state index contributed by atoms with van der Waals surface area (Å²) >= 11 is 0. The van der Waals surface area contributed by atoms with Crippen molar-refractivity contribution >= 4 is 27.3 Å². The Morgan fingerprint density at radius 3 is 2.36 bits per heavy atom. The maximum absolute atomic E-state index is 12.0. The van der Waals surface area contributed by atoms with Crippen LogP contribution in [0.5, 0.6) is 0 Å². The Morgan fingerprint density at radius 1 is 1.07 bits per heavy atom. The molecule has 0 radical (unpaired) electrons. The summed E-state index contributed by atoms with van der Waals surface area (Å²) in [6.07, 6.45) is 6.56. The Balaban J connectivity index is 1.43. The highest BCUT2D eigenvalue weighted by molar-refractivity contribution is 7.90. The number of amides is 1. The van der Waals surface area contributed by atoms with E-state index in [1.807, 2.05) is 29.2 Å². The number of benzene rings is 1. The van der Waals surface area contributed by atoms with Crippen molar-refractivity contribution in [3.05, 3.63) is 24.3 Å². The fraction of sp³-hybridized carbons (Fsp3) is 0.667. The third-order valence-electron chi connectivity index (χ3n) is 5.90. The Kier molecular flexibility index (Phi) is 6.99. The van der Waals surface area contributed by atoms with E-state index in [2.05, 4.69) is 10.0 Å². The van der Waals surface area contributed by atoms with E-state index in [4.69, 9.17) is 0 Å². The molecule has 1 aromatic rings. The maximum atomic E-state index is 12.0. The zero-order chi connectivity index (χ0) is 20.1. The van der Waals surface area contributed by atoms with Crippen molar-refractivity contribution in [3.8, 4) is 0 Å². The number of nitrogens with one attached hydrogen (secondary N) is 2. The fourth-order valence-corrected chi connectivity index (χ4v) is 4.93. The van der Waals surface area contributed by atoms with Crippen LogP contribution in [0.2, 0.25) is 0 Å². The highest BCUT2D eigenvalue weighted by Crippen LogP contribution is 2.27. The van der Waals surface area contributed by atoms with E-state index >= 15 is 0 Å². The first-order valence-corrected chi connectivity index (χ1v) is 12.1. The lowest BCUT2D eigenvalue weighted by atomic mass is 9.86. The molecule has 1 saturated heterocycles. The number of rotatable bonds is 7. The number of carbonyl (C=O) groups excluding carboxylic acids is 1. The zero-order valence-electron chi connectivity index (χ0n) is 17.0. The second-order valence-electron chi connectivity index (χ2n) is 8.36. The smallest absolute Gasteiger partial charge is 0.226 e. The van der Waals surface area contributed by atoms with Crippen molar-refractivity contribution in [1.82, 2.24) is 4.72 Å². The van der Waals surface area contributed by atoms with Crippen molar-refractivity contribution < 1.29 is 13.2 Å². The first-order valence-electron chi connectivity index (χ1n) is 10.5. The molecule has 3 rings (SSSR count). The van der Waals surface area contributed by atoms with Gasteiger partial charge in [-0.3, -0.25) is 4.79 Å². The largest absolute Gasteiger partial charge is 0.385 e. The van der Waals surface area contributed by atoms with E-state index in [0.29, 0.717) is 12.3 Å². The molecular weight excluding hydrogens is 374 g/mol. The average Bonchev–Trinajstić information content (AvgIpc) is 2.68. The van der Waals surface area contributed by atoms with Gasteiger partial charge in [-0.05, 0) is 82.6 Å². The molecule has 0 spiro atoms. The second kappa shape index (κ2) is 9.27. The lowest BCUT2D eigenvalue weighted by Crippen LogP contribution is -2.41. The van der Waals surface area contributed by atoms with Gasteiger partial charge in [0.1, 0.15) is 0 Å². The summed E-state index contributed by atoms with van der Waals surface area (Å²) in [5, 5.41) is 3.12. The van der Waals surface area contributed by atoms with Gasteiger partial charge in [0.05, 0.1) is 5.25 Å². The molecule has 2 N–H and O–H groups in total. The van der Waals surface area contributed by atoms with Crippen LogP contribution >= 0.6 is 0 Å². The maximum Gasteiger partial charge on any atom is 0.226 e. The fourth-order valence-electron chi connectivity index (χ4n) is 3.95. The Labute approximate surface area is 169 Å².